The summed E-state index contributed by atoms with van der Waals surface area (Å²) in [6.45, 7) is 3.99. The van der Waals surface area contributed by atoms with Crippen molar-refractivity contribution in [3.8, 4) is 11.3 Å². The van der Waals surface area contributed by atoms with Gasteiger partial charge in [0.25, 0.3) is 10.0 Å². The molecule has 3 aromatic rings. The Morgan fingerprint density at radius 2 is 1.94 bits per heavy atom. The van der Waals surface area contributed by atoms with Gasteiger partial charge in [-0.2, -0.15) is 0 Å². The van der Waals surface area contributed by atoms with Crippen LogP contribution in [-0.2, 0) is 14.8 Å². The van der Waals surface area contributed by atoms with Gasteiger partial charge in [-0.25, -0.2) is 18.4 Å². The first-order valence-electron chi connectivity index (χ1n) is 9.32. The Labute approximate surface area is 189 Å². The van der Waals surface area contributed by atoms with Gasteiger partial charge in [0.2, 0.25) is 5.91 Å². The fourth-order valence-corrected chi connectivity index (χ4v) is 5.29. The molecule has 1 aliphatic rings. The molecule has 4 rings (SSSR count). The van der Waals surface area contributed by atoms with Crippen molar-refractivity contribution in [1.29, 1.82) is 0 Å². The van der Waals surface area contributed by atoms with Crippen molar-refractivity contribution in [1.82, 2.24) is 9.97 Å². The molecular weight excluding hydrogens is 456 g/mol. The maximum absolute atomic E-state index is 12.8. The number of thioether (sulfide) groups is 1. The van der Waals surface area contributed by atoms with Gasteiger partial charge in [-0.15, -0.1) is 0 Å². The number of sulfonamides is 1. The van der Waals surface area contributed by atoms with Crippen molar-refractivity contribution in [3.63, 3.8) is 0 Å². The highest BCUT2D eigenvalue weighted by Gasteiger charge is 2.34. The largest absolute Gasteiger partial charge is 0.325 e. The Morgan fingerprint density at radius 3 is 2.68 bits per heavy atom. The molecule has 0 fully saturated rings. The van der Waals surface area contributed by atoms with Crippen molar-refractivity contribution in [3.05, 3.63) is 58.7 Å². The lowest BCUT2D eigenvalue weighted by Crippen LogP contribution is -2.31. The molecule has 1 N–H and O–H groups in total. The molecule has 0 bridgehead atoms. The highest BCUT2D eigenvalue weighted by Crippen LogP contribution is 2.42. The Kier molecular flexibility index (Phi) is 5.67. The number of amides is 1. The van der Waals surface area contributed by atoms with E-state index >= 15 is 0 Å². The van der Waals surface area contributed by atoms with Gasteiger partial charge in [0.05, 0.1) is 23.3 Å². The minimum absolute atomic E-state index is 0.00805. The quantitative estimate of drug-likeness (QED) is 0.448. The highest BCUT2D eigenvalue weighted by molar-refractivity contribution is 7.99. The second-order valence-electron chi connectivity index (χ2n) is 7.14. The van der Waals surface area contributed by atoms with Crippen LogP contribution in [0.1, 0.15) is 11.1 Å². The lowest BCUT2D eigenvalue weighted by molar-refractivity contribution is -0.113. The number of hydrogen-bond acceptors (Lipinski definition) is 6. The van der Waals surface area contributed by atoms with Gasteiger partial charge in [-0.1, -0.05) is 29.4 Å². The predicted octanol–water partition coefficient (Wildman–Crippen LogP) is 4.28. The number of aromatic nitrogens is 2. The summed E-state index contributed by atoms with van der Waals surface area (Å²) in [6.07, 6.45) is 1.28. The van der Waals surface area contributed by atoms with Crippen molar-refractivity contribution >= 4 is 50.7 Å². The fourth-order valence-electron chi connectivity index (χ4n) is 3.20. The molecule has 10 heteroatoms. The van der Waals surface area contributed by atoms with Crippen LogP contribution in [0.15, 0.2) is 52.6 Å². The van der Waals surface area contributed by atoms with Gasteiger partial charge < -0.3 is 5.32 Å². The monoisotopic (exact) mass is 474 g/mol. The minimum atomic E-state index is -3.77. The van der Waals surface area contributed by atoms with Crippen LogP contribution in [0.2, 0.25) is 5.02 Å². The second-order valence-corrected chi connectivity index (χ2v) is 10.5. The molecule has 31 heavy (non-hydrogen) atoms. The number of benzene rings is 2. The lowest BCUT2D eigenvalue weighted by Gasteiger charge is -2.28. The minimum Gasteiger partial charge on any atom is -0.325 e. The number of aryl methyl sites for hydroxylation is 2. The van der Waals surface area contributed by atoms with Crippen molar-refractivity contribution < 1.29 is 13.2 Å². The van der Waals surface area contributed by atoms with E-state index in [-0.39, 0.29) is 22.2 Å². The lowest BCUT2D eigenvalue weighted by atomic mass is 10.1. The van der Waals surface area contributed by atoms with Crippen molar-refractivity contribution in [2.24, 2.45) is 0 Å². The molecule has 2 aromatic carbocycles. The van der Waals surface area contributed by atoms with E-state index in [9.17, 15) is 13.2 Å². The van der Waals surface area contributed by atoms with Crippen LogP contribution in [0.5, 0.6) is 0 Å². The summed E-state index contributed by atoms with van der Waals surface area (Å²) in [4.78, 5) is 21.0. The van der Waals surface area contributed by atoms with Crippen LogP contribution in [0.4, 0.5) is 11.4 Å². The number of hydrogen-bond donors (Lipinski definition) is 1. The van der Waals surface area contributed by atoms with E-state index in [0.717, 1.165) is 28.6 Å². The zero-order chi connectivity index (χ0) is 22.3. The summed E-state index contributed by atoms with van der Waals surface area (Å²) in [6, 6.07) is 10.7. The van der Waals surface area contributed by atoms with Crippen LogP contribution in [0.3, 0.4) is 0 Å². The van der Waals surface area contributed by atoms with Gasteiger partial charge in [-0.05, 0) is 55.3 Å². The average molecular weight is 475 g/mol. The molecule has 2 heterocycles. The van der Waals surface area contributed by atoms with E-state index in [1.807, 2.05) is 32.0 Å². The number of halogens is 1. The normalized spacial score (nSPS) is 14.0. The Bertz CT molecular complexity index is 1310. The number of fused-ring (bicyclic) bond motifs is 3. The van der Waals surface area contributed by atoms with Gasteiger partial charge in [0.1, 0.15) is 4.90 Å². The summed E-state index contributed by atoms with van der Waals surface area (Å²) >= 11 is 7.26. The topological polar surface area (TPSA) is 92.3 Å². The maximum atomic E-state index is 12.8. The first-order chi connectivity index (χ1) is 14.7. The highest BCUT2D eigenvalue weighted by atomic mass is 35.5. The molecule has 0 aliphatic carbocycles. The van der Waals surface area contributed by atoms with Crippen molar-refractivity contribution in [2.75, 3.05) is 22.4 Å². The zero-order valence-corrected chi connectivity index (χ0v) is 19.4. The number of anilines is 2. The van der Waals surface area contributed by atoms with E-state index in [2.05, 4.69) is 15.3 Å². The van der Waals surface area contributed by atoms with Gasteiger partial charge in [0, 0.05) is 23.3 Å². The van der Waals surface area contributed by atoms with E-state index < -0.39 is 10.0 Å². The SMILES string of the molecule is Cc1ccc(NC(=O)CSc2ncc3c(n2)-c2cc(Cl)ccc2N(C)S3(=O)=O)cc1C. The standard InChI is InChI=1S/C21H19ClN4O3S2/c1-12-4-6-15(8-13(12)2)24-19(27)11-30-21-23-10-18-20(25-21)16-9-14(22)5-7-17(16)26(3)31(18,28)29/h4-10H,11H2,1-3H3,(H,24,27). The van der Waals surface area contributed by atoms with Crippen LogP contribution in [-0.4, -0.2) is 37.1 Å². The van der Waals surface area contributed by atoms with Gasteiger partial charge in [0.15, 0.2) is 5.16 Å². The molecule has 0 atom stereocenters. The molecule has 1 amide bonds. The van der Waals surface area contributed by atoms with Gasteiger partial charge >= 0.3 is 0 Å². The van der Waals surface area contributed by atoms with E-state index in [0.29, 0.717) is 21.4 Å². The van der Waals surface area contributed by atoms with Crippen LogP contribution in [0.25, 0.3) is 11.3 Å². The van der Waals surface area contributed by atoms with E-state index in [4.69, 9.17) is 11.6 Å². The second kappa shape index (κ2) is 8.14. The Morgan fingerprint density at radius 1 is 1.16 bits per heavy atom. The molecular formula is C21H19ClN4O3S2. The number of rotatable bonds is 4. The summed E-state index contributed by atoms with van der Waals surface area (Å²) in [5, 5.41) is 3.62. The third kappa shape index (κ3) is 4.13. The van der Waals surface area contributed by atoms with E-state index in [1.54, 1.807) is 18.2 Å². The molecule has 0 saturated heterocycles. The fraction of sp³-hybridized carbons (Fsp3) is 0.190. The third-order valence-electron chi connectivity index (χ3n) is 5.05. The van der Waals surface area contributed by atoms with E-state index in [1.165, 1.54) is 17.5 Å². The summed E-state index contributed by atoms with van der Waals surface area (Å²) in [7, 11) is -2.29. The molecule has 0 spiro atoms. The summed E-state index contributed by atoms with van der Waals surface area (Å²) in [5.41, 5.74) is 4.32. The van der Waals surface area contributed by atoms with Gasteiger partial charge in [-0.3, -0.25) is 9.10 Å². The molecule has 0 unspecified atom stereocenters. The number of nitrogens with one attached hydrogen (secondary N) is 1. The van der Waals surface area contributed by atoms with Crippen LogP contribution in [0, 0.1) is 13.8 Å². The first kappa shape index (κ1) is 21.6. The Hall–Kier alpha value is -2.62. The molecule has 7 nitrogen and oxygen atoms in total. The molecule has 0 radical (unpaired) electrons. The van der Waals surface area contributed by atoms with Crippen LogP contribution < -0.4 is 9.62 Å². The molecule has 1 aromatic heterocycles. The first-order valence-corrected chi connectivity index (χ1v) is 12.1. The predicted molar refractivity (Wildman–Crippen MR) is 123 cm³/mol. The molecule has 1 aliphatic heterocycles. The zero-order valence-electron chi connectivity index (χ0n) is 17.0. The molecule has 0 saturated carbocycles. The summed E-state index contributed by atoms with van der Waals surface area (Å²) in [5.74, 6) is -0.119. The number of carbonyl (C=O) groups is 1. The van der Waals surface area contributed by atoms with Crippen molar-refractivity contribution in [2.45, 2.75) is 23.9 Å². The number of carbonyl (C=O) groups excluding carboxylic acids is 1. The number of nitrogens with zero attached hydrogens (tertiary/aromatic N) is 3. The third-order valence-corrected chi connectivity index (χ3v) is 7.92. The average Bonchev–Trinajstić information content (AvgIpc) is 2.73. The molecule has 160 valence electrons. The smallest absolute Gasteiger partial charge is 0.267 e. The summed E-state index contributed by atoms with van der Waals surface area (Å²) < 4.78 is 26.8. The Balaban J connectivity index is 1.57. The maximum Gasteiger partial charge on any atom is 0.267 e. The van der Waals surface area contributed by atoms with Crippen LogP contribution >= 0.6 is 23.4 Å².